The highest BCUT2D eigenvalue weighted by atomic mass is 79.9. The molecular formula is C13H11BrFN3O3S. The number of rotatable bonds is 1. The summed E-state index contributed by atoms with van der Waals surface area (Å²) in [6, 6.07) is 0.656. The summed E-state index contributed by atoms with van der Waals surface area (Å²) in [6.07, 6.45) is -1.45. The maximum atomic E-state index is 14.1. The Hall–Kier alpha value is -1.48. The van der Waals surface area contributed by atoms with Crippen LogP contribution in [-0.2, 0) is 0 Å². The van der Waals surface area contributed by atoms with Crippen molar-refractivity contribution in [3.8, 4) is 0 Å². The molecule has 2 aromatic heterocycles. The van der Waals surface area contributed by atoms with Crippen LogP contribution < -0.4 is 5.56 Å². The van der Waals surface area contributed by atoms with Gasteiger partial charge in [-0.15, -0.1) is 11.3 Å². The van der Waals surface area contributed by atoms with E-state index in [0.29, 0.717) is 16.6 Å². The number of aromatic amines is 1. The zero-order chi connectivity index (χ0) is 15.6. The normalized spacial score (nSPS) is 30.4. The summed E-state index contributed by atoms with van der Waals surface area (Å²) in [5, 5.41) is 9.42. The molecule has 6 nitrogen and oxygen atoms in total. The molecule has 0 radical (unpaired) electrons. The monoisotopic (exact) mass is 387 g/mol. The number of halogens is 2. The smallest absolute Gasteiger partial charge is 0.408 e. The summed E-state index contributed by atoms with van der Waals surface area (Å²) in [7, 11) is 0. The number of aromatic nitrogens is 2. The van der Waals surface area contributed by atoms with Gasteiger partial charge >= 0.3 is 6.09 Å². The molecule has 1 amide bonds. The van der Waals surface area contributed by atoms with Crippen LogP contribution in [0.5, 0.6) is 0 Å². The third-order valence-electron chi connectivity index (χ3n) is 4.48. The van der Waals surface area contributed by atoms with Crippen molar-refractivity contribution in [2.45, 2.75) is 31.1 Å². The van der Waals surface area contributed by atoms with E-state index in [1.807, 2.05) is 0 Å². The van der Waals surface area contributed by atoms with Gasteiger partial charge in [-0.25, -0.2) is 14.2 Å². The fraction of sp³-hybridized carbons (Fsp3) is 0.462. The zero-order valence-electron chi connectivity index (χ0n) is 11.1. The highest BCUT2D eigenvalue weighted by Crippen LogP contribution is 2.50. The number of piperidine rings is 1. The van der Waals surface area contributed by atoms with E-state index in [2.05, 4.69) is 25.9 Å². The summed E-state index contributed by atoms with van der Waals surface area (Å²) in [5.74, 6) is -0.205. The molecule has 1 saturated heterocycles. The second kappa shape index (κ2) is 4.76. The topological polar surface area (TPSA) is 86.3 Å². The van der Waals surface area contributed by atoms with Crippen molar-refractivity contribution in [1.82, 2.24) is 14.9 Å². The molecule has 0 aromatic carbocycles. The standard InChI is InChI=1S/C13H11BrFN3O3S/c14-8-3-7-10(22-8)12(19)17-11(16-7)9-5-1-4(2-6(5)15)18(9)13(20)21/h3-6,9H,1-2H2,(H,20,21)(H,16,17,19)/t4-,5+,6+,9+/m1/s1. The number of hydrogen-bond acceptors (Lipinski definition) is 4. The van der Waals surface area contributed by atoms with Crippen molar-refractivity contribution in [2.24, 2.45) is 5.92 Å². The fourth-order valence-corrected chi connectivity index (χ4v) is 5.08. The number of carbonyl (C=O) groups is 1. The SMILES string of the molecule is O=C(O)N1[C@@H]2C[C@H]([C@H]1c1nc3cc(Br)sc3c(=O)[nH]1)[C@@H](F)C2. The third kappa shape index (κ3) is 1.91. The third-order valence-corrected chi connectivity index (χ3v) is 6.10. The average molecular weight is 388 g/mol. The van der Waals surface area contributed by atoms with E-state index < -0.39 is 24.2 Å². The number of nitrogens with one attached hydrogen (secondary N) is 1. The van der Waals surface area contributed by atoms with Crippen LogP contribution in [0, 0.1) is 5.92 Å². The molecular weight excluding hydrogens is 377 g/mol. The first-order chi connectivity index (χ1) is 10.5. The molecule has 0 spiro atoms. The molecule has 0 unspecified atom stereocenters. The predicted molar refractivity (Wildman–Crippen MR) is 82.0 cm³/mol. The maximum Gasteiger partial charge on any atom is 0.408 e. The lowest BCUT2D eigenvalue weighted by molar-refractivity contribution is 0.0691. The van der Waals surface area contributed by atoms with Crippen LogP contribution in [0.4, 0.5) is 9.18 Å². The van der Waals surface area contributed by atoms with E-state index in [-0.39, 0.29) is 23.8 Å². The Morgan fingerprint density at radius 1 is 1.55 bits per heavy atom. The number of carboxylic acid groups (broad SMARTS) is 1. The van der Waals surface area contributed by atoms with Gasteiger partial charge in [0.15, 0.2) is 0 Å². The Kier molecular flexibility index (Phi) is 3.06. The van der Waals surface area contributed by atoms with Crippen molar-refractivity contribution in [2.75, 3.05) is 0 Å². The second-order valence-corrected chi connectivity index (χ2v) is 8.09. The number of amides is 1. The molecule has 1 saturated carbocycles. The maximum absolute atomic E-state index is 14.1. The van der Waals surface area contributed by atoms with Gasteiger partial charge in [0.05, 0.1) is 15.3 Å². The highest BCUT2D eigenvalue weighted by Gasteiger charge is 2.55. The predicted octanol–water partition coefficient (Wildman–Crippen LogP) is 2.90. The van der Waals surface area contributed by atoms with Crippen LogP contribution in [0.1, 0.15) is 24.7 Å². The minimum Gasteiger partial charge on any atom is -0.465 e. The van der Waals surface area contributed by atoms with Crippen molar-refractivity contribution in [3.05, 3.63) is 26.0 Å². The summed E-state index contributed by atoms with van der Waals surface area (Å²) in [5.41, 5.74) is 0.179. The van der Waals surface area contributed by atoms with Crippen LogP contribution in [0.2, 0.25) is 0 Å². The minimum absolute atomic E-state index is 0.226. The van der Waals surface area contributed by atoms with Crippen LogP contribution >= 0.6 is 27.3 Å². The molecule has 2 fully saturated rings. The van der Waals surface area contributed by atoms with Crippen molar-refractivity contribution in [1.29, 1.82) is 0 Å². The lowest BCUT2D eigenvalue weighted by atomic mass is 9.96. The van der Waals surface area contributed by atoms with Crippen LogP contribution in [0.15, 0.2) is 14.6 Å². The zero-order valence-corrected chi connectivity index (χ0v) is 13.5. The highest BCUT2D eigenvalue weighted by molar-refractivity contribution is 9.11. The molecule has 2 aliphatic rings. The van der Waals surface area contributed by atoms with Gasteiger partial charge in [0.25, 0.3) is 5.56 Å². The summed E-state index contributed by atoms with van der Waals surface area (Å²) in [4.78, 5) is 31.9. The molecule has 9 heteroatoms. The van der Waals surface area contributed by atoms with Gasteiger partial charge in [-0.05, 0) is 34.8 Å². The van der Waals surface area contributed by atoms with Gasteiger partial charge in [-0.3, -0.25) is 9.69 Å². The molecule has 3 heterocycles. The molecule has 116 valence electrons. The lowest BCUT2D eigenvalue weighted by Crippen LogP contribution is -2.43. The molecule has 2 bridgehead atoms. The average Bonchev–Trinajstić information content (AvgIpc) is 3.08. The quantitative estimate of drug-likeness (QED) is 0.787. The van der Waals surface area contributed by atoms with Crippen LogP contribution in [0.25, 0.3) is 10.2 Å². The van der Waals surface area contributed by atoms with E-state index in [9.17, 15) is 19.1 Å². The molecule has 4 atom stereocenters. The first kappa shape index (κ1) is 14.1. The van der Waals surface area contributed by atoms with E-state index >= 15 is 0 Å². The number of hydrogen-bond donors (Lipinski definition) is 2. The number of alkyl halides is 1. The number of nitrogens with zero attached hydrogens (tertiary/aromatic N) is 2. The fourth-order valence-electron chi connectivity index (χ4n) is 3.66. The van der Waals surface area contributed by atoms with Gasteiger partial charge in [0, 0.05) is 12.0 Å². The number of H-pyrrole nitrogens is 1. The lowest BCUT2D eigenvalue weighted by Gasteiger charge is -2.33. The van der Waals surface area contributed by atoms with E-state index in [1.54, 1.807) is 6.07 Å². The van der Waals surface area contributed by atoms with Crippen molar-refractivity contribution >= 4 is 43.6 Å². The van der Waals surface area contributed by atoms with Gasteiger partial charge in [-0.1, -0.05) is 0 Å². The van der Waals surface area contributed by atoms with Gasteiger partial charge in [0.2, 0.25) is 0 Å². The van der Waals surface area contributed by atoms with Crippen molar-refractivity contribution in [3.63, 3.8) is 0 Å². The Morgan fingerprint density at radius 3 is 3.05 bits per heavy atom. The van der Waals surface area contributed by atoms with Crippen LogP contribution in [0.3, 0.4) is 0 Å². The number of thiophene rings is 1. The Labute approximate surface area is 136 Å². The summed E-state index contributed by atoms with van der Waals surface area (Å²) in [6.45, 7) is 0. The number of likely N-dealkylation sites (tertiary alicyclic amines) is 1. The Bertz CT molecular complexity index is 838. The van der Waals surface area contributed by atoms with Gasteiger partial charge < -0.3 is 10.1 Å². The van der Waals surface area contributed by atoms with E-state index in [1.165, 1.54) is 16.2 Å². The Morgan fingerprint density at radius 2 is 2.32 bits per heavy atom. The van der Waals surface area contributed by atoms with Gasteiger partial charge in [0.1, 0.15) is 16.7 Å². The second-order valence-electron chi connectivity index (χ2n) is 5.66. The van der Waals surface area contributed by atoms with Gasteiger partial charge in [-0.2, -0.15) is 0 Å². The number of fused-ring (bicyclic) bond motifs is 3. The van der Waals surface area contributed by atoms with Crippen LogP contribution in [-0.4, -0.2) is 38.3 Å². The summed E-state index contributed by atoms with van der Waals surface area (Å²) >= 11 is 4.56. The molecule has 2 aromatic rings. The largest absolute Gasteiger partial charge is 0.465 e. The first-order valence-corrected chi connectivity index (χ1v) is 8.41. The molecule has 4 rings (SSSR count). The first-order valence-electron chi connectivity index (χ1n) is 6.80. The minimum atomic E-state index is -1.10. The van der Waals surface area contributed by atoms with E-state index in [4.69, 9.17) is 0 Å². The van der Waals surface area contributed by atoms with E-state index in [0.717, 1.165) is 3.79 Å². The molecule has 2 N–H and O–H groups in total. The molecule has 1 aliphatic heterocycles. The molecule has 1 aliphatic carbocycles. The Balaban J connectivity index is 1.86. The van der Waals surface area contributed by atoms with Crippen molar-refractivity contribution < 1.29 is 14.3 Å². The summed E-state index contributed by atoms with van der Waals surface area (Å²) < 4.78 is 15.3. The molecule has 22 heavy (non-hydrogen) atoms.